The molecule has 3 aromatic rings. The second kappa shape index (κ2) is 6.13. The molecule has 4 rings (SSSR count). The number of nitrogens with zero attached hydrogens (tertiary/aromatic N) is 1. The highest BCUT2D eigenvalue weighted by molar-refractivity contribution is 7.09. The first-order valence-electron chi connectivity index (χ1n) is 8.04. The van der Waals surface area contributed by atoms with Crippen molar-refractivity contribution in [2.75, 3.05) is 0 Å². The Bertz CT molecular complexity index is 855. The first-order valence-corrected chi connectivity index (χ1v) is 8.92. The van der Waals surface area contributed by atoms with Crippen molar-refractivity contribution in [3.05, 3.63) is 63.5 Å². The van der Waals surface area contributed by atoms with Crippen LogP contribution in [0.25, 0.3) is 10.9 Å². The number of aromatic nitrogens is 1. The summed E-state index contributed by atoms with van der Waals surface area (Å²) < 4.78 is 0. The third-order valence-corrected chi connectivity index (χ3v) is 5.28. The zero-order valence-electron chi connectivity index (χ0n) is 12.8. The number of aryl methyl sites for hydroxylation is 1. The SMILES string of the molecule is O=C(NCc1cccs1)c1c2c(nc3ccccc13)CCCC2. The summed E-state index contributed by atoms with van der Waals surface area (Å²) in [4.78, 5) is 18.9. The van der Waals surface area contributed by atoms with Gasteiger partial charge in [-0.05, 0) is 48.8 Å². The number of rotatable bonds is 3. The molecule has 4 heteroatoms. The topological polar surface area (TPSA) is 42.0 Å². The summed E-state index contributed by atoms with van der Waals surface area (Å²) in [6.07, 6.45) is 4.23. The lowest BCUT2D eigenvalue weighted by Crippen LogP contribution is -2.25. The second-order valence-electron chi connectivity index (χ2n) is 5.90. The molecule has 1 aliphatic carbocycles. The number of carbonyl (C=O) groups is 1. The summed E-state index contributed by atoms with van der Waals surface area (Å²) in [6, 6.07) is 12.0. The van der Waals surface area contributed by atoms with E-state index >= 15 is 0 Å². The lowest BCUT2D eigenvalue weighted by Gasteiger charge is -2.20. The van der Waals surface area contributed by atoms with Crippen LogP contribution in [0, 0.1) is 0 Å². The number of hydrogen-bond acceptors (Lipinski definition) is 3. The minimum Gasteiger partial charge on any atom is -0.347 e. The summed E-state index contributed by atoms with van der Waals surface area (Å²) in [5, 5.41) is 6.09. The number of thiophene rings is 1. The normalized spacial score (nSPS) is 13.7. The Labute approximate surface area is 139 Å². The van der Waals surface area contributed by atoms with Crippen molar-refractivity contribution in [2.45, 2.75) is 32.2 Å². The van der Waals surface area contributed by atoms with E-state index in [1.807, 2.05) is 41.8 Å². The molecule has 1 aliphatic rings. The highest BCUT2D eigenvalue weighted by Crippen LogP contribution is 2.29. The van der Waals surface area contributed by atoms with Crippen LogP contribution in [-0.4, -0.2) is 10.9 Å². The Morgan fingerprint density at radius 3 is 2.87 bits per heavy atom. The number of fused-ring (bicyclic) bond motifs is 2. The van der Waals surface area contributed by atoms with Gasteiger partial charge in [-0.1, -0.05) is 24.3 Å². The molecule has 1 N–H and O–H groups in total. The lowest BCUT2D eigenvalue weighted by atomic mass is 9.89. The Kier molecular flexibility index (Phi) is 3.83. The van der Waals surface area contributed by atoms with Crippen molar-refractivity contribution >= 4 is 28.1 Å². The molecule has 1 amide bonds. The largest absolute Gasteiger partial charge is 0.347 e. The van der Waals surface area contributed by atoms with Crippen molar-refractivity contribution in [2.24, 2.45) is 0 Å². The highest BCUT2D eigenvalue weighted by atomic mass is 32.1. The Morgan fingerprint density at radius 1 is 1.13 bits per heavy atom. The van der Waals surface area contributed by atoms with Gasteiger partial charge < -0.3 is 5.32 Å². The monoisotopic (exact) mass is 322 g/mol. The molecule has 0 unspecified atom stereocenters. The van der Waals surface area contributed by atoms with E-state index in [9.17, 15) is 4.79 Å². The third kappa shape index (κ3) is 2.75. The highest BCUT2D eigenvalue weighted by Gasteiger charge is 2.22. The molecule has 2 heterocycles. The van der Waals surface area contributed by atoms with Crippen LogP contribution in [0.3, 0.4) is 0 Å². The van der Waals surface area contributed by atoms with Gasteiger partial charge in [-0.15, -0.1) is 11.3 Å². The van der Waals surface area contributed by atoms with Crippen molar-refractivity contribution in [3.63, 3.8) is 0 Å². The predicted octanol–water partition coefficient (Wildman–Crippen LogP) is 4.11. The minimum atomic E-state index is 0.0233. The molecular weight excluding hydrogens is 304 g/mol. The Balaban J connectivity index is 1.76. The molecule has 2 aromatic heterocycles. The maximum atomic E-state index is 12.9. The van der Waals surface area contributed by atoms with Crippen LogP contribution in [0.2, 0.25) is 0 Å². The molecule has 23 heavy (non-hydrogen) atoms. The van der Waals surface area contributed by atoms with Crippen molar-refractivity contribution in [3.8, 4) is 0 Å². The smallest absolute Gasteiger partial charge is 0.252 e. The van der Waals surface area contributed by atoms with Crippen LogP contribution >= 0.6 is 11.3 Å². The second-order valence-corrected chi connectivity index (χ2v) is 6.93. The molecule has 0 saturated carbocycles. The zero-order chi connectivity index (χ0) is 15.6. The summed E-state index contributed by atoms with van der Waals surface area (Å²) in [5.41, 5.74) is 4.02. The number of carbonyl (C=O) groups excluding carboxylic acids is 1. The zero-order valence-corrected chi connectivity index (χ0v) is 13.7. The first kappa shape index (κ1) is 14.4. The Morgan fingerprint density at radius 2 is 2.00 bits per heavy atom. The number of amides is 1. The standard InChI is InChI=1S/C19H18N2OS/c22-19(20-12-13-6-5-11-23-13)18-14-7-1-3-9-16(14)21-17-10-4-2-8-15(17)18/h1,3,5-7,9,11H,2,4,8,10,12H2,(H,20,22). The van der Waals surface area contributed by atoms with Crippen molar-refractivity contribution in [1.29, 1.82) is 0 Å². The van der Waals surface area contributed by atoms with Crippen LogP contribution in [0.4, 0.5) is 0 Å². The van der Waals surface area contributed by atoms with Gasteiger partial charge in [-0.2, -0.15) is 0 Å². The van der Waals surface area contributed by atoms with E-state index in [1.54, 1.807) is 11.3 Å². The van der Waals surface area contributed by atoms with Crippen molar-refractivity contribution < 1.29 is 4.79 Å². The summed E-state index contributed by atoms with van der Waals surface area (Å²) in [5.74, 6) is 0.0233. The van der Waals surface area contributed by atoms with Crippen LogP contribution in [0.5, 0.6) is 0 Å². The number of nitrogens with one attached hydrogen (secondary N) is 1. The summed E-state index contributed by atoms with van der Waals surface area (Å²) in [6.45, 7) is 0.585. The van der Waals surface area contributed by atoms with Gasteiger partial charge in [0.2, 0.25) is 0 Å². The molecule has 0 atom stereocenters. The van der Waals surface area contributed by atoms with E-state index in [0.717, 1.165) is 53.4 Å². The fourth-order valence-electron chi connectivity index (χ4n) is 3.30. The van der Waals surface area contributed by atoms with E-state index in [-0.39, 0.29) is 5.91 Å². The fraction of sp³-hybridized carbons (Fsp3) is 0.263. The van der Waals surface area contributed by atoms with E-state index < -0.39 is 0 Å². The minimum absolute atomic E-state index is 0.0233. The van der Waals surface area contributed by atoms with Crippen LogP contribution in [-0.2, 0) is 19.4 Å². The van der Waals surface area contributed by atoms with Crippen LogP contribution in [0.1, 0.15) is 39.3 Å². The van der Waals surface area contributed by atoms with Crippen LogP contribution < -0.4 is 5.32 Å². The van der Waals surface area contributed by atoms with E-state index in [0.29, 0.717) is 6.54 Å². The molecule has 116 valence electrons. The van der Waals surface area contributed by atoms with Gasteiger partial charge in [-0.25, -0.2) is 0 Å². The number of pyridine rings is 1. The molecule has 0 spiro atoms. The third-order valence-electron chi connectivity index (χ3n) is 4.40. The molecule has 0 radical (unpaired) electrons. The van der Waals surface area contributed by atoms with Gasteiger partial charge in [0, 0.05) is 16.0 Å². The summed E-state index contributed by atoms with van der Waals surface area (Å²) >= 11 is 1.67. The van der Waals surface area contributed by atoms with Gasteiger partial charge in [0.25, 0.3) is 5.91 Å². The molecule has 0 fully saturated rings. The van der Waals surface area contributed by atoms with Gasteiger partial charge >= 0.3 is 0 Å². The molecule has 0 bridgehead atoms. The van der Waals surface area contributed by atoms with Gasteiger partial charge in [0.1, 0.15) is 0 Å². The number of para-hydroxylation sites is 1. The average molecular weight is 322 g/mol. The molecular formula is C19H18N2OS. The maximum absolute atomic E-state index is 12.9. The molecule has 0 aliphatic heterocycles. The number of hydrogen-bond donors (Lipinski definition) is 1. The Hall–Kier alpha value is -2.20. The maximum Gasteiger partial charge on any atom is 0.252 e. The average Bonchev–Trinajstić information content (AvgIpc) is 3.11. The first-order chi connectivity index (χ1) is 11.3. The van der Waals surface area contributed by atoms with Gasteiger partial charge in [0.05, 0.1) is 17.6 Å². The van der Waals surface area contributed by atoms with E-state index in [1.165, 1.54) is 4.88 Å². The van der Waals surface area contributed by atoms with E-state index in [4.69, 9.17) is 4.98 Å². The number of benzene rings is 1. The quantitative estimate of drug-likeness (QED) is 0.788. The summed E-state index contributed by atoms with van der Waals surface area (Å²) in [7, 11) is 0. The van der Waals surface area contributed by atoms with Gasteiger partial charge in [0.15, 0.2) is 0 Å². The molecule has 3 nitrogen and oxygen atoms in total. The lowest BCUT2D eigenvalue weighted by molar-refractivity contribution is 0.0951. The fourth-order valence-corrected chi connectivity index (χ4v) is 3.95. The van der Waals surface area contributed by atoms with E-state index in [2.05, 4.69) is 5.32 Å². The molecule has 1 aromatic carbocycles. The van der Waals surface area contributed by atoms with Gasteiger partial charge in [-0.3, -0.25) is 9.78 Å². The predicted molar refractivity (Wildman–Crippen MR) is 93.9 cm³/mol. The van der Waals surface area contributed by atoms with Crippen molar-refractivity contribution in [1.82, 2.24) is 10.3 Å². The molecule has 0 saturated heterocycles. The van der Waals surface area contributed by atoms with Crippen LogP contribution in [0.15, 0.2) is 41.8 Å².